The molecule has 0 saturated carbocycles. The molecule has 1 saturated heterocycles. The van der Waals surface area contributed by atoms with Crippen molar-refractivity contribution < 1.29 is 29.7 Å². The lowest BCUT2D eigenvalue weighted by Gasteiger charge is -2.39. The molecule has 1 atom stereocenters. The molecule has 0 radical (unpaired) electrons. The van der Waals surface area contributed by atoms with Gasteiger partial charge in [-0.15, -0.1) is 11.3 Å². The Bertz CT molecular complexity index is 1760. The number of aromatic amines is 1. The number of likely N-dealkylation sites (tertiary alicyclic amines) is 1. The molecule has 46 heavy (non-hydrogen) atoms. The highest BCUT2D eigenvalue weighted by Gasteiger charge is 2.44. The third kappa shape index (κ3) is 6.84. The summed E-state index contributed by atoms with van der Waals surface area (Å²) in [4.78, 5) is 57.4. The molecule has 0 bridgehead atoms. The number of thiophene rings is 1. The second kappa shape index (κ2) is 14.3. The molecule has 11 nitrogen and oxygen atoms in total. The van der Waals surface area contributed by atoms with Crippen molar-refractivity contribution in [3.05, 3.63) is 98.0 Å². The van der Waals surface area contributed by atoms with E-state index in [4.69, 9.17) is 0 Å². The third-order valence-corrected chi connectivity index (χ3v) is 9.78. The van der Waals surface area contributed by atoms with Crippen LogP contribution in [-0.4, -0.2) is 87.2 Å². The van der Waals surface area contributed by atoms with Crippen LogP contribution in [0.1, 0.15) is 62.8 Å². The average Bonchev–Trinajstić information content (AvgIpc) is 3.57. The van der Waals surface area contributed by atoms with Crippen LogP contribution in [0.2, 0.25) is 0 Å². The lowest BCUT2D eigenvalue weighted by Crippen LogP contribution is -2.49. The number of nitrogens with zero attached hydrogens (tertiary/aromatic N) is 2. The number of nitrogens with one attached hydrogen (secondary N) is 2. The minimum absolute atomic E-state index is 0.0692. The summed E-state index contributed by atoms with van der Waals surface area (Å²) in [5.74, 6) is -1.32. The van der Waals surface area contributed by atoms with Crippen LogP contribution in [0.5, 0.6) is 5.75 Å². The Morgan fingerprint density at radius 2 is 1.74 bits per heavy atom. The van der Waals surface area contributed by atoms with Gasteiger partial charge in [-0.1, -0.05) is 36.4 Å². The number of carboxylic acid groups (broad SMARTS) is 1. The van der Waals surface area contributed by atoms with Gasteiger partial charge in [0.25, 0.3) is 11.8 Å². The number of hydrogen-bond donors (Lipinski definition) is 5. The number of carboxylic acids is 1. The summed E-state index contributed by atoms with van der Waals surface area (Å²) in [6.07, 6.45) is 0.388. The molecule has 12 heteroatoms. The number of phenols is 1. The Balaban J connectivity index is 1.11. The highest BCUT2D eigenvalue weighted by Crippen LogP contribution is 2.37. The van der Waals surface area contributed by atoms with E-state index in [-0.39, 0.29) is 35.2 Å². The van der Waals surface area contributed by atoms with E-state index in [2.05, 4.69) is 10.3 Å². The number of carbonyl (C=O) groups is 3. The molecule has 0 spiro atoms. The molecule has 4 aromatic rings. The van der Waals surface area contributed by atoms with E-state index in [1.807, 2.05) is 37.3 Å². The SMILES string of the molecule is CCN(CCCNCC(O)c1ccc(O)c2[nH]c(=O)ccc12)C(=O)c1ccc(C(=O)N2CCC(C(=O)O)(c3ccccc3)CC2)s1. The molecule has 5 rings (SSSR count). The van der Waals surface area contributed by atoms with Gasteiger partial charge in [0.2, 0.25) is 5.56 Å². The predicted molar refractivity (Wildman–Crippen MR) is 175 cm³/mol. The first-order valence-electron chi connectivity index (χ1n) is 15.4. The predicted octanol–water partition coefficient (Wildman–Crippen LogP) is 3.73. The third-order valence-electron chi connectivity index (χ3n) is 8.72. The van der Waals surface area contributed by atoms with Crippen molar-refractivity contribution in [3.8, 4) is 5.75 Å². The Hall–Kier alpha value is -4.52. The summed E-state index contributed by atoms with van der Waals surface area (Å²) in [6, 6.07) is 18.5. The fourth-order valence-electron chi connectivity index (χ4n) is 6.05. The van der Waals surface area contributed by atoms with Gasteiger partial charge < -0.3 is 35.4 Å². The number of benzene rings is 2. The number of aliphatic carboxylic acids is 1. The Labute approximate surface area is 270 Å². The van der Waals surface area contributed by atoms with Crippen molar-refractivity contribution in [3.63, 3.8) is 0 Å². The molecule has 242 valence electrons. The minimum atomic E-state index is -1.02. The monoisotopic (exact) mass is 646 g/mol. The van der Waals surface area contributed by atoms with Gasteiger partial charge >= 0.3 is 5.97 Å². The fourth-order valence-corrected chi connectivity index (χ4v) is 6.99. The van der Waals surface area contributed by atoms with Gasteiger partial charge in [-0.05, 0) is 68.1 Å². The first-order chi connectivity index (χ1) is 22.1. The van der Waals surface area contributed by atoms with Crippen molar-refractivity contribution >= 4 is 40.0 Å². The lowest BCUT2D eigenvalue weighted by atomic mass is 9.73. The topological polar surface area (TPSA) is 163 Å². The summed E-state index contributed by atoms with van der Waals surface area (Å²) in [5, 5.41) is 34.7. The number of carbonyl (C=O) groups excluding carboxylic acids is 2. The summed E-state index contributed by atoms with van der Waals surface area (Å²) in [5.41, 5.74) is 0.229. The van der Waals surface area contributed by atoms with Crippen molar-refractivity contribution in [2.24, 2.45) is 0 Å². The zero-order valence-electron chi connectivity index (χ0n) is 25.6. The largest absolute Gasteiger partial charge is 0.506 e. The highest BCUT2D eigenvalue weighted by atomic mass is 32.1. The first-order valence-corrected chi connectivity index (χ1v) is 16.2. The van der Waals surface area contributed by atoms with E-state index in [0.29, 0.717) is 72.7 Å². The van der Waals surface area contributed by atoms with E-state index >= 15 is 0 Å². The van der Waals surface area contributed by atoms with E-state index in [1.165, 1.54) is 12.1 Å². The Morgan fingerprint density at radius 3 is 2.43 bits per heavy atom. The van der Waals surface area contributed by atoms with Crippen LogP contribution in [0.15, 0.2) is 71.5 Å². The van der Waals surface area contributed by atoms with Gasteiger partial charge in [-0.2, -0.15) is 0 Å². The molecule has 3 heterocycles. The molecule has 2 amide bonds. The number of pyridine rings is 1. The number of aliphatic hydroxyl groups is 1. The average molecular weight is 647 g/mol. The summed E-state index contributed by atoms with van der Waals surface area (Å²) < 4.78 is 0. The number of fused-ring (bicyclic) bond motifs is 1. The van der Waals surface area contributed by atoms with Crippen LogP contribution in [-0.2, 0) is 10.2 Å². The molecule has 1 fully saturated rings. The fraction of sp³-hybridized carbons (Fsp3) is 0.353. The maximum absolute atomic E-state index is 13.3. The van der Waals surface area contributed by atoms with Crippen molar-refractivity contribution in [1.82, 2.24) is 20.1 Å². The smallest absolute Gasteiger partial charge is 0.314 e. The van der Waals surface area contributed by atoms with Crippen molar-refractivity contribution in [2.75, 3.05) is 39.3 Å². The maximum Gasteiger partial charge on any atom is 0.314 e. The second-order valence-electron chi connectivity index (χ2n) is 11.5. The van der Waals surface area contributed by atoms with E-state index in [1.54, 1.807) is 34.1 Å². The van der Waals surface area contributed by atoms with E-state index in [0.717, 1.165) is 16.9 Å². The molecule has 1 unspecified atom stereocenters. The zero-order chi connectivity index (χ0) is 32.8. The summed E-state index contributed by atoms with van der Waals surface area (Å²) >= 11 is 1.15. The number of H-pyrrole nitrogens is 1. The standard InChI is InChI=1S/C34H38N4O7S/c1-2-37(18-6-17-35-21-26(40)23-9-11-25(39)30-24(23)10-14-29(41)36-30)31(42)27-12-13-28(46-27)32(43)38-19-15-34(16-20-38,33(44)45)22-7-4-3-5-8-22/h3-5,7-14,26,35,39-40H,2,6,15-21H2,1H3,(H,36,41)(H,44,45). The highest BCUT2D eigenvalue weighted by molar-refractivity contribution is 7.15. The van der Waals surface area contributed by atoms with Gasteiger partial charge in [0.05, 0.1) is 26.8 Å². The minimum Gasteiger partial charge on any atom is -0.506 e. The molecule has 5 N–H and O–H groups in total. The molecular weight excluding hydrogens is 608 g/mol. The number of aliphatic hydroxyl groups excluding tert-OH is 1. The number of rotatable bonds is 12. The van der Waals surface area contributed by atoms with Gasteiger partial charge in [0.1, 0.15) is 5.75 Å². The molecular formula is C34H38N4O7S. The van der Waals surface area contributed by atoms with Crippen LogP contribution in [0, 0.1) is 0 Å². The number of aromatic hydroxyl groups is 1. The van der Waals surface area contributed by atoms with Crippen LogP contribution in [0.25, 0.3) is 10.9 Å². The van der Waals surface area contributed by atoms with Crippen LogP contribution in [0.4, 0.5) is 0 Å². The van der Waals surface area contributed by atoms with Gasteiger partial charge in [0.15, 0.2) is 0 Å². The van der Waals surface area contributed by atoms with Crippen molar-refractivity contribution in [2.45, 2.75) is 37.7 Å². The Morgan fingerprint density at radius 1 is 1.02 bits per heavy atom. The van der Waals surface area contributed by atoms with Crippen LogP contribution < -0.4 is 10.9 Å². The first kappa shape index (κ1) is 32.9. The number of piperidine rings is 1. The van der Waals surface area contributed by atoms with Gasteiger partial charge in [0, 0.05) is 44.2 Å². The lowest BCUT2D eigenvalue weighted by molar-refractivity contribution is -0.145. The van der Waals surface area contributed by atoms with Gasteiger partial charge in [-0.25, -0.2) is 0 Å². The molecule has 2 aromatic carbocycles. The van der Waals surface area contributed by atoms with Crippen molar-refractivity contribution in [1.29, 1.82) is 0 Å². The molecule has 0 aliphatic carbocycles. The van der Waals surface area contributed by atoms with Gasteiger partial charge in [-0.3, -0.25) is 19.2 Å². The summed E-state index contributed by atoms with van der Waals surface area (Å²) in [7, 11) is 0. The number of aromatic nitrogens is 1. The zero-order valence-corrected chi connectivity index (χ0v) is 26.4. The Kier molecular flexibility index (Phi) is 10.2. The number of hydrogen-bond acceptors (Lipinski definition) is 8. The quantitative estimate of drug-likeness (QED) is 0.145. The van der Waals surface area contributed by atoms with E-state index in [9.17, 15) is 34.5 Å². The second-order valence-corrected chi connectivity index (χ2v) is 12.5. The molecule has 2 aromatic heterocycles. The van der Waals surface area contributed by atoms with Crippen LogP contribution in [0.3, 0.4) is 0 Å². The molecule has 1 aliphatic rings. The van der Waals surface area contributed by atoms with Crippen LogP contribution >= 0.6 is 11.3 Å². The normalized spacial score (nSPS) is 15.0. The number of phenolic OH excluding ortho intramolecular Hbond substituents is 1. The maximum atomic E-state index is 13.3. The summed E-state index contributed by atoms with van der Waals surface area (Å²) in [6.45, 7) is 4.26. The van der Waals surface area contributed by atoms with E-state index < -0.39 is 17.5 Å². The number of amides is 2. The molecule has 1 aliphatic heterocycles.